The van der Waals surface area contributed by atoms with Gasteiger partial charge in [0.05, 0.1) is 18.5 Å². The van der Waals surface area contributed by atoms with Crippen LogP contribution in [0.3, 0.4) is 0 Å². The van der Waals surface area contributed by atoms with Crippen LogP contribution in [0.1, 0.15) is 29.9 Å². The Labute approximate surface area is 193 Å². The summed E-state index contributed by atoms with van der Waals surface area (Å²) in [5.74, 6) is -1.30. The Bertz CT molecular complexity index is 1250. The van der Waals surface area contributed by atoms with Gasteiger partial charge in [0.2, 0.25) is 0 Å². The second-order valence-electron chi connectivity index (χ2n) is 8.37. The van der Waals surface area contributed by atoms with Crippen LogP contribution in [-0.4, -0.2) is 24.7 Å². The number of carbonyl (C=O) groups excluding carboxylic acids is 2. The van der Waals surface area contributed by atoms with Crippen LogP contribution in [0.5, 0.6) is 0 Å². The SMILES string of the molecule is COC(=O)C1=C[C@]2(C(=O)N(c3ccccc3)N=C2C)[C@H](c2ccccc2)[C@H]1c1ccccc1. The summed E-state index contributed by atoms with van der Waals surface area (Å²) in [4.78, 5) is 27.2. The van der Waals surface area contributed by atoms with Crippen molar-refractivity contribution in [3.8, 4) is 0 Å². The van der Waals surface area contributed by atoms with Crippen LogP contribution in [0.4, 0.5) is 5.69 Å². The number of nitrogens with zero attached hydrogens (tertiary/aromatic N) is 2. The van der Waals surface area contributed by atoms with Crippen LogP contribution in [0, 0.1) is 5.41 Å². The molecule has 164 valence electrons. The zero-order valence-corrected chi connectivity index (χ0v) is 18.5. The lowest BCUT2D eigenvalue weighted by Gasteiger charge is -2.34. The fraction of sp³-hybridized carbons (Fsp3) is 0.179. The van der Waals surface area contributed by atoms with E-state index in [-0.39, 0.29) is 17.7 Å². The Balaban J connectivity index is 1.75. The molecule has 2 aliphatic rings. The van der Waals surface area contributed by atoms with E-state index in [1.807, 2.05) is 97.9 Å². The lowest BCUT2D eigenvalue weighted by Crippen LogP contribution is -2.41. The van der Waals surface area contributed by atoms with E-state index in [9.17, 15) is 9.59 Å². The molecule has 1 amide bonds. The highest BCUT2D eigenvalue weighted by Gasteiger charge is 2.61. The van der Waals surface area contributed by atoms with Gasteiger partial charge in [0.25, 0.3) is 5.91 Å². The summed E-state index contributed by atoms with van der Waals surface area (Å²) in [7, 11) is 1.38. The van der Waals surface area contributed by atoms with Crippen LogP contribution in [0.25, 0.3) is 0 Å². The molecule has 0 saturated carbocycles. The number of methoxy groups -OCH3 is 1. The zero-order chi connectivity index (χ0) is 23.0. The molecule has 0 aromatic heterocycles. The molecule has 5 nitrogen and oxygen atoms in total. The van der Waals surface area contributed by atoms with Crippen molar-refractivity contribution in [2.75, 3.05) is 12.1 Å². The third kappa shape index (κ3) is 3.20. The van der Waals surface area contributed by atoms with Crippen LogP contribution in [0.15, 0.2) is 108 Å². The molecular weight excluding hydrogens is 412 g/mol. The lowest BCUT2D eigenvalue weighted by molar-refractivity contribution is -0.136. The number of anilines is 1. The highest BCUT2D eigenvalue weighted by atomic mass is 16.5. The molecule has 0 radical (unpaired) electrons. The van der Waals surface area contributed by atoms with Crippen molar-refractivity contribution in [1.82, 2.24) is 0 Å². The van der Waals surface area contributed by atoms with E-state index in [1.54, 1.807) is 6.08 Å². The molecule has 0 bridgehead atoms. The van der Waals surface area contributed by atoms with Gasteiger partial charge in [-0.15, -0.1) is 0 Å². The molecular formula is C28H24N2O3. The molecule has 0 unspecified atom stereocenters. The van der Waals surface area contributed by atoms with E-state index in [1.165, 1.54) is 12.1 Å². The standard InChI is InChI=1S/C28H24N2O3/c1-19-28(27(32)30(29-19)22-16-10-5-11-17-22)18-23(26(31)33-2)24(20-12-6-3-7-13-20)25(28)21-14-8-4-9-15-21/h3-18,24-25H,1-2H3/t24-,25+,28+/m0/s1. The summed E-state index contributed by atoms with van der Waals surface area (Å²) in [6.07, 6.45) is 1.80. The summed E-state index contributed by atoms with van der Waals surface area (Å²) in [6, 6.07) is 29.1. The maximum absolute atomic E-state index is 14.2. The van der Waals surface area contributed by atoms with E-state index < -0.39 is 11.4 Å². The number of amides is 1. The summed E-state index contributed by atoms with van der Waals surface area (Å²) in [5.41, 5.74) is 2.67. The van der Waals surface area contributed by atoms with E-state index >= 15 is 0 Å². The Morgan fingerprint density at radius 3 is 2.00 bits per heavy atom. The van der Waals surface area contributed by atoms with Gasteiger partial charge in [-0.2, -0.15) is 10.1 Å². The van der Waals surface area contributed by atoms with Crippen molar-refractivity contribution < 1.29 is 14.3 Å². The van der Waals surface area contributed by atoms with Crippen LogP contribution in [-0.2, 0) is 14.3 Å². The topological polar surface area (TPSA) is 59.0 Å². The van der Waals surface area contributed by atoms with E-state index in [4.69, 9.17) is 9.84 Å². The lowest BCUT2D eigenvalue weighted by atomic mass is 9.66. The summed E-state index contributed by atoms with van der Waals surface area (Å²) >= 11 is 0. The van der Waals surface area contributed by atoms with E-state index in [0.29, 0.717) is 17.0 Å². The average Bonchev–Trinajstić information content (AvgIpc) is 3.36. The first-order valence-electron chi connectivity index (χ1n) is 10.9. The number of hydrazone groups is 1. The fourth-order valence-corrected chi connectivity index (χ4v) is 5.20. The molecule has 33 heavy (non-hydrogen) atoms. The predicted molar refractivity (Wildman–Crippen MR) is 128 cm³/mol. The number of para-hydroxylation sites is 1. The van der Waals surface area contributed by atoms with Crippen LogP contribution < -0.4 is 5.01 Å². The molecule has 3 aromatic rings. The molecule has 5 rings (SSSR count). The minimum absolute atomic E-state index is 0.167. The minimum Gasteiger partial charge on any atom is -0.466 e. The number of benzene rings is 3. The molecule has 3 aromatic carbocycles. The smallest absolute Gasteiger partial charge is 0.334 e. The second kappa shape index (κ2) is 8.17. The number of hydrogen-bond donors (Lipinski definition) is 0. The molecule has 1 aliphatic carbocycles. The van der Waals surface area contributed by atoms with Gasteiger partial charge in [-0.25, -0.2) is 4.79 Å². The first kappa shape index (κ1) is 20.9. The molecule has 0 fully saturated rings. The quantitative estimate of drug-likeness (QED) is 0.536. The Morgan fingerprint density at radius 1 is 0.879 bits per heavy atom. The summed E-state index contributed by atoms with van der Waals surface area (Å²) in [5, 5.41) is 6.16. The number of rotatable bonds is 4. The van der Waals surface area contributed by atoms with Gasteiger partial charge in [-0.3, -0.25) is 4.79 Å². The van der Waals surface area contributed by atoms with Crippen LogP contribution in [0.2, 0.25) is 0 Å². The minimum atomic E-state index is -1.10. The van der Waals surface area contributed by atoms with Gasteiger partial charge in [-0.1, -0.05) is 84.9 Å². The number of hydrogen-bond acceptors (Lipinski definition) is 4. The second-order valence-corrected chi connectivity index (χ2v) is 8.37. The largest absolute Gasteiger partial charge is 0.466 e. The van der Waals surface area contributed by atoms with Crippen molar-refractivity contribution >= 4 is 23.3 Å². The zero-order valence-electron chi connectivity index (χ0n) is 18.5. The highest BCUT2D eigenvalue weighted by Crippen LogP contribution is 2.59. The highest BCUT2D eigenvalue weighted by molar-refractivity contribution is 6.22. The van der Waals surface area contributed by atoms with Gasteiger partial charge in [0.1, 0.15) is 5.41 Å². The Kier molecular flexibility index (Phi) is 5.17. The molecule has 1 heterocycles. The van der Waals surface area contributed by atoms with Gasteiger partial charge in [0, 0.05) is 17.4 Å². The van der Waals surface area contributed by atoms with E-state index in [0.717, 1.165) is 11.1 Å². The van der Waals surface area contributed by atoms with Gasteiger partial charge in [-0.05, 0) is 30.2 Å². The number of ether oxygens (including phenoxy) is 1. The maximum atomic E-state index is 14.2. The molecule has 3 atom stereocenters. The third-order valence-corrected chi connectivity index (χ3v) is 6.68. The van der Waals surface area contributed by atoms with Crippen molar-refractivity contribution in [3.05, 3.63) is 114 Å². The Morgan fingerprint density at radius 2 is 1.42 bits per heavy atom. The fourth-order valence-electron chi connectivity index (χ4n) is 5.20. The van der Waals surface area contributed by atoms with Crippen molar-refractivity contribution in [3.63, 3.8) is 0 Å². The van der Waals surface area contributed by atoms with E-state index in [2.05, 4.69) is 0 Å². The van der Waals surface area contributed by atoms with Crippen molar-refractivity contribution in [1.29, 1.82) is 0 Å². The molecule has 1 spiro atoms. The van der Waals surface area contributed by atoms with Crippen molar-refractivity contribution in [2.24, 2.45) is 10.5 Å². The summed E-state index contributed by atoms with van der Waals surface area (Å²) < 4.78 is 5.18. The number of esters is 1. The van der Waals surface area contributed by atoms with Gasteiger partial charge >= 0.3 is 5.97 Å². The first-order chi connectivity index (χ1) is 16.1. The first-order valence-corrected chi connectivity index (χ1v) is 10.9. The normalized spacial score (nSPS) is 24.1. The van der Waals surface area contributed by atoms with Crippen LogP contribution >= 0.6 is 0 Å². The average molecular weight is 437 g/mol. The van der Waals surface area contributed by atoms with Gasteiger partial charge < -0.3 is 4.74 Å². The molecule has 1 aliphatic heterocycles. The third-order valence-electron chi connectivity index (χ3n) is 6.68. The Hall–Kier alpha value is -3.99. The van der Waals surface area contributed by atoms with Gasteiger partial charge in [0.15, 0.2) is 0 Å². The van der Waals surface area contributed by atoms with Crippen molar-refractivity contribution in [2.45, 2.75) is 18.8 Å². The molecule has 5 heteroatoms. The monoisotopic (exact) mass is 436 g/mol. The maximum Gasteiger partial charge on any atom is 0.334 e. The number of carbonyl (C=O) groups is 2. The predicted octanol–water partition coefficient (Wildman–Crippen LogP) is 5.08. The molecule has 0 N–H and O–H groups in total. The molecule has 0 saturated heterocycles. The summed E-state index contributed by atoms with van der Waals surface area (Å²) in [6.45, 7) is 1.87.